The number of pyridine rings is 1. The smallest absolute Gasteiger partial charge is 0.257 e. The van der Waals surface area contributed by atoms with E-state index in [0.717, 1.165) is 36.2 Å². The second kappa shape index (κ2) is 11.9. The van der Waals surface area contributed by atoms with Gasteiger partial charge in [-0.05, 0) is 42.4 Å². The lowest BCUT2D eigenvalue weighted by Gasteiger charge is -2.37. The van der Waals surface area contributed by atoms with Gasteiger partial charge in [0.2, 0.25) is 0 Å². The number of aliphatic hydroxyl groups is 1. The van der Waals surface area contributed by atoms with E-state index in [4.69, 9.17) is 9.47 Å². The Bertz CT molecular complexity index is 1100. The van der Waals surface area contributed by atoms with E-state index in [2.05, 4.69) is 21.8 Å². The molecule has 4 rings (SSSR count). The van der Waals surface area contributed by atoms with Gasteiger partial charge in [-0.1, -0.05) is 42.5 Å². The number of nitrogens with zero attached hydrogens (tertiary/aromatic N) is 2. The fourth-order valence-corrected chi connectivity index (χ4v) is 4.10. The zero-order valence-electron chi connectivity index (χ0n) is 19.8. The molecule has 0 bridgehead atoms. The van der Waals surface area contributed by atoms with E-state index in [0.29, 0.717) is 11.3 Å². The predicted octanol–water partition coefficient (Wildman–Crippen LogP) is 4.49. The first kappa shape index (κ1) is 24.8. The van der Waals surface area contributed by atoms with Crippen LogP contribution in [0.1, 0.15) is 45.9 Å². The van der Waals surface area contributed by atoms with Gasteiger partial charge in [0, 0.05) is 43.2 Å². The van der Waals surface area contributed by atoms with Gasteiger partial charge < -0.3 is 24.8 Å². The second-order valence-electron chi connectivity index (χ2n) is 8.68. The average molecular weight is 474 g/mol. The van der Waals surface area contributed by atoms with Crippen molar-refractivity contribution in [2.45, 2.75) is 31.5 Å². The number of likely N-dealkylation sites (N-methyl/N-ethyl adjacent to an activating group) is 1. The summed E-state index contributed by atoms with van der Waals surface area (Å²) in [7, 11) is 2.04. The van der Waals surface area contributed by atoms with Crippen LogP contribution in [0, 0.1) is 0 Å². The van der Waals surface area contributed by atoms with Gasteiger partial charge in [0.1, 0.15) is 0 Å². The van der Waals surface area contributed by atoms with Gasteiger partial charge in [0.15, 0.2) is 6.29 Å². The van der Waals surface area contributed by atoms with E-state index in [1.807, 2.05) is 61.7 Å². The molecule has 1 aromatic heterocycles. The Hall–Kier alpha value is -3.36. The molecule has 1 saturated heterocycles. The molecule has 0 spiro atoms. The molecule has 1 aliphatic rings. The number of benzene rings is 2. The van der Waals surface area contributed by atoms with Crippen LogP contribution in [0.4, 0.5) is 5.69 Å². The summed E-state index contributed by atoms with van der Waals surface area (Å²) in [5.41, 5.74) is 3.96. The number of carbonyl (C=O) groups is 1. The maximum Gasteiger partial charge on any atom is 0.257 e. The Balaban J connectivity index is 1.49. The average Bonchev–Trinajstić information content (AvgIpc) is 2.89. The largest absolute Gasteiger partial charge is 0.392 e. The number of hydrogen-bond donors (Lipinski definition) is 2. The minimum Gasteiger partial charge on any atom is -0.392 e. The SMILES string of the molecule is C=CCN(C)C[C@H]1C[C@@H](c2ccc(CO)cc2)O[C@@H](c2ccc(NC(=O)c3cccnc3)cc2)O1. The van der Waals surface area contributed by atoms with Crippen molar-refractivity contribution in [1.82, 2.24) is 9.88 Å². The van der Waals surface area contributed by atoms with Crippen LogP contribution in [0.5, 0.6) is 0 Å². The fraction of sp³-hybridized carbons (Fsp3) is 0.286. The third-order valence-electron chi connectivity index (χ3n) is 5.94. The highest BCUT2D eigenvalue weighted by molar-refractivity contribution is 6.03. The third kappa shape index (κ3) is 6.61. The molecule has 1 aliphatic heterocycles. The summed E-state index contributed by atoms with van der Waals surface area (Å²) in [6.45, 7) is 5.35. The summed E-state index contributed by atoms with van der Waals surface area (Å²) in [6.07, 6.45) is 5.03. The van der Waals surface area contributed by atoms with Crippen LogP contribution in [0.3, 0.4) is 0 Å². The van der Waals surface area contributed by atoms with Crippen LogP contribution in [0.2, 0.25) is 0 Å². The van der Waals surface area contributed by atoms with Crippen LogP contribution < -0.4 is 5.32 Å². The first-order chi connectivity index (χ1) is 17.1. The van der Waals surface area contributed by atoms with Gasteiger partial charge in [-0.3, -0.25) is 9.78 Å². The summed E-state index contributed by atoms with van der Waals surface area (Å²) in [5, 5.41) is 12.3. The van der Waals surface area contributed by atoms with Crippen molar-refractivity contribution in [1.29, 1.82) is 0 Å². The van der Waals surface area contributed by atoms with E-state index < -0.39 is 6.29 Å². The molecule has 35 heavy (non-hydrogen) atoms. The maximum atomic E-state index is 12.4. The Labute approximate surface area is 206 Å². The van der Waals surface area contributed by atoms with Crippen molar-refractivity contribution in [3.63, 3.8) is 0 Å². The van der Waals surface area contributed by atoms with Crippen molar-refractivity contribution >= 4 is 11.6 Å². The summed E-state index contributed by atoms with van der Waals surface area (Å²) in [4.78, 5) is 18.6. The molecule has 3 atom stereocenters. The molecule has 182 valence electrons. The number of amides is 1. The minimum absolute atomic E-state index is 0.0101. The molecule has 7 nitrogen and oxygen atoms in total. The number of rotatable bonds is 9. The number of carbonyl (C=O) groups excluding carboxylic acids is 1. The van der Waals surface area contributed by atoms with Crippen LogP contribution in [-0.4, -0.2) is 47.1 Å². The van der Waals surface area contributed by atoms with Gasteiger partial charge >= 0.3 is 0 Å². The molecule has 1 amide bonds. The van der Waals surface area contributed by atoms with Crippen LogP contribution in [0.25, 0.3) is 0 Å². The zero-order chi connectivity index (χ0) is 24.6. The zero-order valence-corrected chi connectivity index (χ0v) is 19.8. The number of aromatic nitrogens is 1. The standard InChI is InChI=1S/C28H31N3O4/c1-3-15-31(2)18-25-16-26(21-8-6-20(19-32)7-9-21)35-28(34-25)22-10-12-24(13-11-22)30-27(33)23-5-4-14-29-17-23/h3-14,17,25-26,28,32H,1,15-16,18-19H2,2H3,(H,30,33)/t25-,26+,28+/m1/s1. The Morgan fingerprint density at radius 3 is 2.54 bits per heavy atom. The number of nitrogens with one attached hydrogen (secondary N) is 1. The van der Waals surface area contributed by atoms with Crippen molar-refractivity contribution in [2.75, 3.05) is 25.5 Å². The van der Waals surface area contributed by atoms with Crippen LogP contribution >= 0.6 is 0 Å². The Morgan fingerprint density at radius 2 is 1.89 bits per heavy atom. The second-order valence-corrected chi connectivity index (χ2v) is 8.68. The third-order valence-corrected chi connectivity index (χ3v) is 5.94. The topological polar surface area (TPSA) is 83.9 Å². The highest BCUT2D eigenvalue weighted by atomic mass is 16.7. The summed E-state index contributed by atoms with van der Waals surface area (Å²) in [5.74, 6) is -0.215. The van der Waals surface area contributed by atoms with Crippen molar-refractivity contribution in [2.24, 2.45) is 0 Å². The van der Waals surface area contributed by atoms with Crippen LogP contribution in [-0.2, 0) is 16.1 Å². The van der Waals surface area contributed by atoms with E-state index in [-0.39, 0.29) is 24.7 Å². The Kier molecular flexibility index (Phi) is 8.39. The lowest BCUT2D eigenvalue weighted by molar-refractivity contribution is -0.252. The van der Waals surface area contributed by atoms with Gasteiger partial charge in [-0.15, -0.1) is 6.58 Å². The number of aliphatic hydroxyl groups excluding tert-OH is 1. The lowest BCUT2D eigenvalue weighted by atomic mass is 9.99. The fourth-order valence-electron chi connectivity index (χ4n) is 4.10. The summed E-state index contributed by atoms with van der Waals surface area (Å²) in [6, 6.07) is 18.8. The van der Waals surface area contributed by atoms with E-state index in [1.165, 1.54) is 6.20 Å². The molecule has 2 heterocycles. The first-order valence-electron chi connectivity index (χ1n) is 11.7. The number of ether oxygens (including phenoxy) is 2. The summed E-state index contributed by atoms with van der Waals surface area (Å²) < 4.78 is 12.7. The highest BCUT2D eigenvalue weighted by Gasteiger charge is 2.32. The number of anilines is 1. The minimum atomic E-state index is -0.545. The molecule has 7 heteroatoms. The van der Waals surface area contributed by atoms with Gasteiger partial charge in [-0.25, -0.2) is 0 Å². The van der Waals surface area contributed by atoms with Crippen molar-refractivity contribution < 1.29 is 19.4 Å². The van der Waals surface area contributed by atoms with Crippen LogP contribution in [0.15, 0.2) is 85.7 Å². The normalized spacial score (nSPS) is 19.9. The monoisotopic (exact) mass is 473 g/mol. The molecule has 3 aromatic rings. The molecule has 0 radical (unpaired) electrons. The van der Waals surface area contributed by atoms with E-state index >= 15 is 0 Å². The van der Waals surface area contributed by atoms with Crippen molar-refractivity contribution in [3.05, 3.63) is 108 Å². The van der Waals surface area contributed by atoms with Gasteiger partial charge in [0.25, 0.3) is 5.91 Å². The quantitative estimate of drug-likeness (QED) is 0.446. The molecular formula is C28H31N3O4. The lowest BCUT2D eigenvalue weighted by Crippen LogP contribution is -2.37. The molecule has 2 aromatic carbocycles. The number of hydrogen-bond acceptors (Lipinski definition) is 6. The van der Waals surface area contributed by atoms with E-state index in [9.17, 15) is 9.90 Å². The van der Waals surface area contributed by atoms with Gasteiger partial charge in [0.05, 0.1) is 24.4 Å². The molecule has 2 N–H and O–H groups in total. The summed E-state index contributed by atoms with van der Waals surface area (Å²) >= 11 is 0. The molecule has 1 fully saturated rings. The molecule has 0 saturated carbocycles. The van der Waals surface area contributed by atoms with Gasteiger partial charge in [-0.2, -0.15) is 0 Å². The predicted molar refractivity (Wildman–Crippen MR) is 135 cm³/mol. The molecular weight excluding hydrogens is 442 g/mol. The highest BCUT2D eigenvalue weighted by Crippen LogP contribution is 2.38. The molecule has 0 aliphatic carbocycles. The first-order valence-corrected chi connectivity index (χ1v) is 11.7. The molecule has 0 unspecified atom stereocenters. The Morgan fingerprint density at radius 1 is 1.14 bits per heavy atom. The maximum absolute atomic E-state index is 12.4. The van der Waals surface area contributed by atoms with E-state index in [1.54, 1.807) is 18.3 Å². The van der Waals surface area contributed by atoms with Crippen molar-refractivity contribution in [3.8, 4) is 0 Å².